The van der Waals surface area contributed by atoms with Crippen LogP contribution in [0.3, 0.4) is 0 Å². The van der Waals surface area contributed by atoms with Gasteiger partial charge in [-0.1, -0.05) is 24.3 Å². The maximum absolute atomic E-state index is 13.6. The first kappa shape index (κ1) is 30.0. The highest BCUT2D eigenvalue weighted by atomic mass is 32.2. The van der Waals surface area contributed by atoms with Crippen molar-refractivity contribution in [3.05, 3.63) is 119 Å². The summed E-state index contributed by atoms with van der Waals surface area (Å²) in [6.45, 7) is 3.97. The molecule has 0 bridgehead atoms. The van der Waals surface area contributed by atoms with E-state index in [1.807, 2.05) is 24.3 Å². The van der Waals surface area contributed by atoms with Crippen molar-refractivity contribution in [2.75, 3.05) is 53.5 Å². The molecule has 0 radical (unpaired) electrons. The standard InChI is InChI=1S/C33H29F2N5O4S/c1-39-11-13-40(14-12-39)27-8-6-25(7-9-27)36-20-30-29-10-5-22(16-31(29)37-33(30)42)32(41)21-3-2-4-26(15-21)38-45(43,44)28-18-23(34)17-24(35)19-28/h2-10,15-20,36,38H,11-14H2,1H3,(H,37,42). The van der Waals surface area contributed by atoms with Crippen LogP contribution in [0.15, 0.2) is 96.0 Å². The largest absolute Gasteiger partial charge is 0.369 e. The number of fused-ring (bicyclic) bond motifs is 1. The Morgan fingerprint density at radius 2 is 1.53 bits per heavy atom. The molecule has 0 aromatic heterocycles. The fourth-order valence-corrected chi connectivity index (χ4v) is 6.35. The molecular weight excluding hydrogens is 600 g/mol. The number of piperazine rings is 1. The van der Waals surface area contributed by atoms with Crippen molar-refractivity contribution in [1.29, 1.82) is 0 Å². The number of rotatable bonds is 8. The van der Waals surface area contributed by atoms with Crippen LogP contribution in [0, 0.1) is 11.6 Å². The van der Waals surface area contributed by atoms with Gasteiger partial charge in [0.2, 0.25) is 0 Å². The van der Waals surface area contributed by atoms with Crippen molar-refractivity contribution in [2.24, 2.45) is 0 Å². The Hall–Kier alpha value is -5.07. The van der Waals surface area contributed by atoms with Gasteiger partial charge < -0.3 is 20.4 Å². The minimum absolute atomic E-state index is 0.0350. The summed E-state index contributed by atoms with van der Waals surface area (Å²) in [4.78, 5) is 30.2. The van der Waals surface area contributed by atoms with E-state index in [1.54, 1.807) is 24.4 Å². The number of halogens is 2. The van der Waals surface area contributed by atoms with Crippen LogP contribution in [0.4, 0.5) is 31.5 Å². The third-order valence-electron chi connectivity index (χ3n) is 7.71. The molecule has 0 aliphatic carbocycles. The number of hydrogen-bond donors (Lipinski definition) is 3. The average Bonchev–Trinajstić information content (AvgIpc) is 3.33. The Balaban J connectivity index is 1.15. The van der Waals surface area contributed by atoms with Crippen molar-refractivity contribution in [3.8, 4) is 0 Å². The summed E-state index contributed by atoms with van der Waals surface area (Å²) in [5.74, 6) is -2.80. The summed E-state index contributed by atoms with van der Waals surface area (Å²) >= 11 is 0. The van der Waals surface area contributed by atoms with E-state index in [0.29, 0.717) is 35.0 Å². The Morgan fingerprint density at radius 1 is 0.844 bits per heavy atom. The lowest BCUT2D eigenvalue weighted by atomic mass is 9.99. The topological polar surface area (TPSA) is 111 Å². The van der Waals surface area contributed by atoms with Gasteiger partial charge in [-0.3, -0.25) is 14.3 Å². The molecule has 12 heteroatoms. The second kappa shape index (κ2) is 12.1. The molecule has 2 heterocycles. The summed E-state index contributed by atoms with van der Waals surface area (Å²) in [6.07, 6.45) is 1.63. The molecule has 2 aliphatic heterocycles. The number of anilines is 4. The maximum atomic E-state index is 13.6. The van der Waals surface area contributed by atoms with Gasteiger partial charge >= 0.3 is 0 Å². The maximum Gasteiger partial charge on any atom is 0.262 e. The van der Waals surface area contributed by atoms with Gasteiger partial charge in [-0.05, 0) is 61.6 Å². The Labute approximate surface area is 259 Å². The first-order valence-corrected chi connectivity index (χ1v) is 15.6. The van der Waals surface area contributed by atoms with Crippen LogP contribution in [0.5, 0.6) is 0 Å². The van der Waals surface area contributed by atoms with Crippen molar-refractivity contribution >= 4 is 50.0 Å². The number of amides is 1. The van der Waals surface area contributed by atoms with Crippen molar-refractivity contribution in [3.63, 3.8) is 0 Å². The fourth-order valence-electron chi connectivity index (χ4n) is 5.26. The summed E-state index contributed by atoms with van der Waals surface area (Å²) < 4.78 is 54.8. The highest BCUT2D eigenvalue weighted by molar-refractivity contribution is 7.92. The molecule has 0 spiro atoms. The summed E-state index contributed by atoms with van der Waals surface area (Å²) in [7, 11) is -2.21. The molecule has 0 atom stereocenters. The number of benzene rings is 4. The van der Waals surface area contributed by atoms with Gasteiger partial charge in [0.05, 0.1) is 10.5 Å². The third-order valence-corrected chi connectivity index (χ3v) is 9.07. The van der Waals surface area contributed by atoms with Crippen molar-refractivity contribution in [1.82, 2.24) is 4.90 Å². The van der Waals surface area contributed by atoms with Crippen LogP contribution < -0.4 is 20.3 Å². The predicted octanol–water partition coefficient (Wildman–Crippen LogP) is 5.15. The van der Waals surface area contributed by atoms with Crippen LogP contribution in [-0.4, -0.2) is 58.2 Å². The van der Waals surface area contributed by atoms with Gasteiger partial charge in [-0.25, -0.2) is 17.2 Å². The molecule has 230 valence electrons. The molecule has 1 fully saturated rings. The lowest BCUT2D eigenvalue weighted by Crippen LogP contribution is -2.44. The highest BCUT2D eigenvalue weighted by Crippen LogP contribution is 2.33. The molecule has 1 amide bonds. The summed E-state index contributed by atoms with van der Waals surface area (Å²) in [5, 5.41) is 5.98. The first-order chi connectivity index (χ1) is 21.6. The summed E-state index contributed by atoms with van der Waals surface area (Å²) in [5.41, 5.74) is 3.96. The second-order valence-corrected chi connectivity index (χ2v) is 12.6. The number of nitrogens with one attached hydrogen (secondary N) is 3. The van der Waals surface area contributed by atoms with Gasteiger partial charge in [0.15, 0.2) is 5.78 Å². The normalized spacial score (nSPS) is 15.9. The molecule has 4 aromatic carbocycles. The number of carbonyl (C=O) groups is 2. The van der Waals surface area contributed by atoms with E-state index in [4.69, 9.17) is 0 Å². The Bertz CT molecular complexity index is 1920. The van der Waals surface area contributed by atoms with Crippen molar-refractivity contribution < 1.29 is 26.8 Å². The van der Waals surface area contributed by atoms with Crippen LogP contribution in [0.2, 0.25) is 0 Å². The van der Waals surface area contributed by atoms with Gasteiger partial charge in [0.1, 0.15) is 11.6 Å². The smallest absolute Gasteiger partial charge is 0.262 e. The quantitative estimate of drug-likeness (QED) is 0.183. The predicted molar refractivity (Wildman–Crippen MR) is 170 cm³/mol. The number of nitrogens with zero attached hydrogens (tertiary/aromatic N) is 2. The van der Waals surface area contributed by atoms with Crippen LogP contribution >= 0.6 is 0 Å². The Kier molecular flexibility index (Phi) is 8.09. The molecule has 6 rings (SSSR count). The zero-order valence-corrected chi connectivity index (χ0v) is 25.0. The van der Waals surface area contributed by atoms with Crippen LogP contribution in [-0.2, 0) is 14.8 Å². The van der Waals surface area contributed by atoms with E-state index in [-0.39, 0.29) is 22.7 Å². The lowest BCUT2D eigenvalue weighted by molar-refractivity contribution is -0.110. The van der Waals surface area contributed by atoms with E-state index in [2.05, 4.69) is 32.2 Å². The molecule has 9 nitrogen and oxygen atoms in total. The molecular formula is C33H29F2N5O4S. The minimum Gasteiger partial charge on any atom is -0.369 e. The van der Waals surface area contributed by atoms with Crippen molar-refractivity contribution in [2.45, 2.75) is 4.90 Å². The van der Waals surface area contributed by atoms with E-state index in [0.717, 1.165) is 37.6 Å². The van der Waals surface area contributed by atoms with Crippen LogP contribution in [0.25, 0.3) is 5.57 Å². The fraction of sp³-hybridized carbons (Fsp3) is 0.152. The van der Waals surface area contributed by atoms with Gasteiger partial charge in [0, 0.05) is 77.9 Å². The number of sulfonamides is 1. The number of hydrogen-bond acceptors (Lipinski definition) is 7. The zero-order chi connectivity index (χ0) is 31.7. The van der Waals surface area contributed by atoms with E-state index in [9.17, 15) is 26.8 Å². The highest BCUT2D eigenvalue weighted by Gasteiger charge is 2.26. The van der Waals surface area contributed by atoms with E-state index >= 15 is 0 Å². The molecule has 2 aliphatic rings. The van der Waals surface area contributed by atoms with Gasteiger partial charge in [0.25, 0.3) is 15.9 Å². The molecule has 4 aromatic rings. The average molecular weight is 630 g/mol. The third kappa shape index (κ3) is 6.56. The molecule has 0 unspecified atom stereocenters. The van der Waals surface area contributed by atoms with Gasteiger partial charge in [-0.2, -0.15) is 0 Å². The number of carbonyl (C=O) groups excluding carboxylic acids is 2. The molecule has 1 saturated heterocycles. The monoisotopic (exact) mass is 629 g/mol. The number of ketones is 1. The zero-order valence-electron chi connectivity index (χ0n) is 24.2. The SMILES string of the molecule is CN1CCN(c2ccc(NC=C3C(=O)Nc4cc(C(=O)c5cccc(NS(=O)(=O)c6cc(F)cc(F)c6)c5)ccc43)cc2)CC1. The number of likely N-dealkylation sites (N-methyl/N-ethyl adjacent to an activating group) is 1. The minimum atomic E-state index is -4.33. The summed E-state index contributed by atoms with van der Waals surface area (Å²) in [6, 6.07) is 20.6. The van der Waals surface area contributed by atoms with Crippen LogP contribution in [0.1, 0.15) is 21.5 Å². The van der Waals surface area contributed by atoms with E-state index < -0.39 is 32.3 Å². The van der Waals surface area contributed by atoms with E-state index in [1.165, 1.54) is 24.3 Å². The lowest BCUT2D eigenvalue weighted by Gasteiger charge is -2.34. The molecule has 3 N–H and O–H groups in total. The van der Waals surface area contributed by atoms with Gasteiger partial charge in [-0.15, -0.1) is 0 Å². The molecule has 0 saturated carbocycles. The second-order valence-electron chi connectivity index (χ2n) is 10.9. The first-order valence-electron chi connectivity index (χ1n) is 14.2. The molecule has 45 heavy (non-hydrogen) atoms. The Morgan fingerprint density at radius 3 is 2.24 bits per heavy atom.